The molecule has 0 N–H and O–H groups in total. The molecule has 3 aromatic carbocycles. The third-order valence-electron chi connectivity index (χ3n) is 8.87. The Labute approximate surface area is 297 Å². The van der Waals surface area contributed by atoms with Gasteiger partial charge in [0.05, 0.1) is 48.0 Å². The maximum absolute atomic E-state index is 13.6. The molecule has 9 nitrogen and oxygen atoms in total. The molecule has 0 amide bonds. The number of carbonyl (C=O) groups is 1. The maximum Gasteiger partial charge on any atom is 0.339 e. The lowest BCUT2D eigenvalue weighted by molar-refractivity contribution is -0.164. The van der Waals surface area contributed by atoms with Crippen LogP contribution in [0.3, 0.4) is 0 Å². The van der Waals surface area contributed by atoms with Crippen LogP contribution in [0.25, 0.3) is 39.3 Å². The number of halogens is 1. The predicted molar refractivity (Wildman–Crippen MR) is 196 cm³/mol. The number of anilines is 1. The van der Waals surface area contributed by atoms with E-state index in [1.807, 2.05) is 76.2 Å². The van der Waals surface area contributed by atoms with Crippen molar-refractivity contribution in [3.63, 3.8) is 0 Å². The number of esters is 1. The van der Waals surface area contributed by atoms with Gasteiger partial charge in [0, 0.05) is 40.6 Å². The molecule has 5 aromatic rings. The second-order valence-electron chi connectivity index (χ2n) is 13.5. The van der Waals surface area contributed by atoms with Gasteiger partial charge in [-0.3, -0.25) is 0 Å². The first-order valence-electron chi connectivity index (χ1n) is 17.0. The molecule has 4 heterocycles. The van der Waals surface area contributed by atoms with Crippen LogP contribution in [0.1, 0.15) is 51.0 Å². The van der Waals surface area contributed by atoms with Crippen molar-refractivity contribution in [1.29, 1.82) is 0 Å². The lowest BCUT2D eigenvalue weighted by atomic mass is 9.97. The van der Waals surface area contributed by atoms with Gasteiger partial charge in [0.2, 0.25) is 0 Å². The minimum Gasteiger partial charge on any atom is -0.493 e. The van der Waals surface area contributed by atoms with E-state index in [9.17, 15) is 4.79 Å². The number of benzene rings is 3. The molecule has 6 bridgehead atoms. The summed E-state index contributed by atoms with van der Waals surface area (Å²) >= 11 is 7.43. The van der Waals surface area contributed by atoms with Crippen LogP contribution in [-0.4, -0.2) is 59.6 Å². The number of ether oxygens (including phenoxy) is 4. The molecule has 10 heteroatoms. The Morgan fingerprint density at radius 1 is 0.940 bits per heavy atom. The molecule has 0 unspecified atom stereocenters. The number of carbonyl (C=O) groups excluding carboxylic acids is 1. The molecule has 0 saturated carbocycles. The fourth-order valence-corrected chi connectivity index (χ4v) is 6.98. The molecule has 258 valence electrons. The van der Waals surface area contributed by atoms with Crippen molar-refractivity contribution in [2.45, 2.75) is 52.2 Å². The largest absolute Gasteiger partial charge is 0.493 e. The second-order valence-corrected chi connectivity index (χ2v) is 13.9. The van der Waals surface area contributed by atoms with Crippen LogP contribution in [0, 0.1) is 6.92 Å². The summed E-state index contributed by atoms with van der Waals surface area (Å²) in [6.45, 7) is 10.0. The molecule has 7 rings (SSSR count). The van der Waals surface area contributed by atoms with Crippen LogP contribution < -0.4 is 14.4 Å². The summed E-state index contributed by atoms with van der Waals surface area (Å²) in [5, 5.41) is 5.64. The van der Waals surface area contributed by atoms with Gasteiger partial charge in [-0.1, -0.05) is 60.2 Å². The Bertz CT molecular complexity index is 2100. The van der Waals surface area contributed by atoms with E-state index in [2.05, 4.69) is 35.3 Å². The van der Waals surface area contributed by atoms with Crippen LogP contribution in [-0.2, 0) is 14.3 Å². The highest BCUT2D eigenvalue weighted by molar-refractivity contribution is 6.36. The van der Waals surface area contributed by atoms with E-state index in [4.69, 9.17) is 40.6 Å². The average Bonchev–Trinajstić information content (AvgIpc) is 3.53. The monoisotopic (exact) mass is 692 g/mol. The number of hydrogen-bond donors (Lipinski definition) is 0. The highest BCUT2D eigenvalue weighted by Crippen LogP contribution is 2.47. The zero-order valence-electron chi connectivity index (χ0n) is 29.0. The normalized spacial score (nSPS) is 15.8. The van der Waals surface area contributed by atoms with Gasteiger partial charge in [0.25, 0.3) is 0 Å². The number of aryl methyl sites for hydroxylation is 1. The van der Waals surface area contributed by atoms with E-state index in [-0.39, 0.29) is 0 Å². The SMILES string of the molecule is COC(=O)[C@@H](OC(C)(C)C)c1c(C)nc2cc3nn2c1-c1ccc2c(c1Cl)N(C/C=C\CCCOc1ccccc1-c1cccc-3c1)CCO2. The molecule has 2 aliphatic rings. The van der Waals surface area contributed by atoms with Crippen LogP contribution in [0.4, 0.5) is 5.69 Å². The maximum atomic E-state index is 13.6. The molecule has 50 heavy (non-hydrogen) atoms. The van der Waals surface area contributed by atoms with Crippen molar-refractivity contribution in [2.24, 2.45) is 0 Å². The van der Waals surface area contributed by atoms with E-state index in [0.29, 0.717) is 70.9 Å². The van der Waals surface area contributed by atoms with Crippen LogP contribution in [0.2, 0.25) is 5.02 Å². The number of allylic oxidation sites excluding steroid dienone is 1. The third-order valence-corrected chi connectivity index (χ3v) is 9.25. The summed E-state index contributed by atoms with van der Waals surface area (Å²) in [5.74, 6) is 0.991. The van der Waals surface area contributed by atoms with E-state index < -0.39 is 17.7 Å². The first-order chi connectivity index (χ1) is 24.1. The number of hydrogen-bond acceptors (Lipinski definition) is 8. The van der Waals surface area contributed by atoms with E-state index in [1.165, 1.54) is 7.11 Å². The number of para-hydroxylation sites is 1. The molecule has 0 aliphatic carbocycles. The fourth-order valence-electron chi connectivity index (χ4n) is 6.61. The van der Waals surface area contributed by atoms with Crippen LogP contribution in [0.15, 0.2) is 78.9 Å². The standard InChI is InChI=1S/C40H41ClN4O5/c1-25-34(38(39(46)47-5)50-40(2,3)4)36-29-17-18-32-37(35(29)41)44(20-22-49-32)19-10-6-7-11-21-48-31-16-9-8-15-28(31)26-13-12-14-27(23-26)30-24-33(42-25)45(36)43-30/h6,8-10,12-18,23-24,38H,7,11,19-22H2,1-5H3/b10-6-/t38-/m0/s1. The van der Waals surface area contributed by atoms with Gasteiger partial charge in [-0.2, -0.15) is 5.10 Å². The Balaban J connectivity index is 1.51. The molecule has 0 spiro atoms. The predicted octanol–water partition coefficient (Wildman–Crippen LogP) is 8.65. The molecular weight excluding hydrogens is 652 g/mol. The number of fused-ring (bicyclic) bond motifs is 8. The average molecular weight is 693 g/mol. The quantitative estimate of drug-likeness (QED) is 0.137. The highest BCUT2D eigenvalue weighted by atomic mass is 35.5. The molecular formula is C40H41ClN4O5. The molecule has 0 radical (unpaired) electrons. The van der Waals surface area contributed by atoms with E-state index >= 15 is 0 Å². The summed E-state index contributed by atoms with van der Waals surface area (Å²) in [6.07, 6.45) is 5.01. The third kappa shape index (κ3) is 6.55. The van der Waals surface area contributed by atoms with Crippen molar-refractivity contribution in [3.05, 3.63) is 95.2 Å². The van der Waals surface area contributed by atoms with Gasteiger partial charge in [0.15, 0.2) is 11.8 Å². The first kappa shape index (κ1) is 33.6. The van der Waals surface area contributed by atoms with Gasteiger partial charge in [-0.05, 0) is 70.4 Å². The topological polar surface area (TPSA) is 87.4 Å². The van der Waals surface area contributed by atoms with Crippen molar-refractivity contribution in [1.82, 2.24) is 14.6 Å². The number of nitrogens with zero attached hydrogens (tertiary/aromatic N) is 4. The Morgan fingerprint density at radius 3 is 2.56 bits per heavy atom. The van der Waals surface area contributed by atoms with Gasteiger partial charge in [-0.15, -0.1) is 0 Å². The van der Waals surface area contributed by atoms with Gasteiger partial charge in [-0.25, -0.2) is 14.3 Å². The Hall–Kier alpha value is -4.86. The number of rotatable bonds is 3. The van der Waals surface area contributed by atoms with Gasteiger partial charge >= 0.3 is 5.97 Å². The summed E-state index contributed by atoms with van der Waals surface area (Å²) < 4.78 is 25.9. The molecule has 2 aromatic heterocycles. The molecule has 1 atom stereocenters. The summed E-state index contributed by atoms with van der Waals surface area (Å²) in [4.78, 5) is 20.8. The Morgan fingerprint density at radius 2 is 1.74 bits per heavy atom. The van der Waals surface area contributed by atoms with Gasteiger partial charge in [0.1, 0.15) is 18.1 Å². The molecule has 0 saturated heterocycles. The summed E-state index contributed by atoms with van der Waals surface area (Å²) in [6, 6.07) is 22.2. The lowest BCUT2D eigenvalue weighted by Crippen LogP contribution is -2.33. The van der Waals surface area contributed by atoms with Crippen molar-refractivity contribution in [2.75, 3.05) is 38.3 Å². The molecule has 0 fully saturated rings. The second kappa shape index (κ2) is 13.8. The van der Waals surface area contributed by atoms with Crippen molar-refractivity contribution in [3.8, 4) is 45.1 Å². The molecule has 2 aliphatic heterocycles. The van der Waals surface area contributed by atoms with Gasteiger partial charge < -0.3 is 23.8 Å². The fraction of sp³-hybridized carbons (Fsp3) is 0.325. The van der Waals surface area contributed by atoms with Crippen molar-refractivity contribution < 1.29 is 23.7 Å². The highest BCUT2D eigenvalue weighted by Gasteiger charge is 2.35. The lowest BCUT2D eigenvalue weighted by Gasteiger charge is -2.32. The van der Waals surface area contributed by atoms with Crippen molar-refractivity contribution >= 4 is 28.9 Å². The van der Waals surface area contributed by atoms with Crippen LogP contribution >= 0.6 is 11.6 Å². The summed E-state index contributed by atoms with van der Waals surface area (Å²) in [5.41, 5.74) is 6.72. The smallest absolute Gasteiger partial charge is 0.339 e. The minimum absolute atomic E-state index is 0.488. The first-order valence-corrected chi connectivity index (χ1v) is 17.3. The zero-order chi connectivity index (χ0) is 35.0. The van der Waals surface area contributed by atoms with Crippen LogP contribution in [0.5, 0.6) is 11.5 Å². The zero-order valence-corrected chi connectivity index (χ0v) is 29.8. The Kier molecular flexibility index (Phi) is 9.28. The van der Waals surface area contributed by atoms with E-state index in [1.54, 1.807) is 4.52 Å². The number of aromatic nitrogens is 3. The summed E-state index contributed by atoms with van der Waals surface area (Å²) in [7, 11) is 1.36. The van der Waals surface area contributed by atoms with E-state index in [0.717, 1.165) is 41.0 Å². The minimum atomic E-state index is -1.10. The number of methoxy groups -OCH3 is 1.